The molecule has 3 nitrogen and oxygen atoms in total. The van der Waals surface area contributed by atoms with E-state index in [1.807, 2.05) is 24.4 Å². The van der Waals surface area contributed by atoms with Gasteiger partial charge in [-0.05, 0) is 99.8 Å². The van der Waals surface area contributed by atoms with Gasteiger partial charge in [-0.25, -0.2) is 0 Å². The summed E-state index contributed by atoms with van der Waals surface area (Å²) in [5.74, 6) is 0.884. The Bertz CT molecular complexity index is 2460. The number of allylic oxidation sites excluding steroid dienone is 7. The molecule has 0 aromatic heterocycles. The highest BCUT2D eigenvalue weighted by Gasteiger charge is 2.17. The van der Waals surface area contributed by atoms with Crippen molar-refractivity contribution in [3.8, 4) is 16.9 Å². The van der Waals surface area contributed by atoms with E-state index in [0.717, 1.165) is 62.4 Å². The first-order valence-electron chi connectivity index (χ1n) is 18.8. The summed E-state index contributed by atoms with van der Waals surface area (Å²) in [6, 6.07) is 61.3. The summed E-state index contributed by atoms with van der Waals surface area (Å²) in [6.45, 7) is 0.408. The molecule has 1 N–H and O–H groups in total. The van der Waals surface area contributed by atoms with Gasteiger partial charge in [-0.15, -0.1) is 0 Å². The van der Waals surface area contributed by atoms with E-state index in [0.29, 0.717) is 6.61 Å². The highest BCUT2D eigenvalue weighted by Crippen LogP contribution is 2.36. The molecular weight excluding hydrogens is 669 g/mol. The molecule has 0 radical (unpaired) electrons. The van der Waals surface area contributed by atoms with Crippen molar-refractivity contribution in [2.24, 2.45) is 0 Å². The normalized spacial score (nSPS) is 13.1. The highest BCUT2D eigenvalue weighted by molar-refractivity contribution is 5.98. The molecule has 0 aliphatic carbocycles. The van der Waals surface area contributed by atoms with Gasteiger partial charge in [0.2, 0.25) is 0 Å². The Labute approximate surface area is 324 Å². The van der Waals surface area contributed by atoms with Gasteiger partial charge in [-0.2, -0.15) is 0 Å². The van der Waals surface area contributed by atoms with E-state index in [1.54, 1.807) is 0 Å². The lowest BCUT2D eigenvalue weighted by atomic mass is 9.96. The third-order valence-electron chi connectivity index (χ3n) is 9.74. The number of rotatable bonds is 10. The van der Waals surface area contributed by atoms with Gasteiger partial charge in [0.1, 0.15) is 12.4 Å². The molecule has 0 spiro atoms. The zero-order valence-electron chi connectivity index (χ0n) is 30.6. The molecule has 0 bridgehead atoms. The van der Waals surface area contributed by atoms with Crippen LogP contribution in [0.1, 0.15) is 16.7 Å². The van der Waals surface area contributed by atoms with Crippen LogP contribution in [0, 0.1) is 0 Å². The standard InChI is InChI=1S/C52H42N2O/c1-5-17-40(18-6-1)42(23-16-38-53-46-35-32-43(33-36-46)41-19-7-2-8-20-41)30-31-44-34-37-51-52-45(22-15-29-50(44)52)21-13-14-28-49(39-55-51)54(47-24-9-3-10-25-47)48-26-11-4-12-27-48/h1-20,22-38,53H,21,39H2/b14-13?,31-30-,38-16+,42-23+,49-28?. The second kappa shape index (κ2) is 17.2. The monoisotopic (exact) mass is 710 g/mol. The summed E-state index contributed by atoms with van der Waals surface area (Å²) in [5, 5.41) is 5.74. The molecule has 0 unspecified atom stereocenters. The molecule has 0 atom stereocenters. The number of hydrogen-bond acceptors (Lipinski definition) is 3. The first kappa shape index (κ1) is 35.0. The van der Waals surface area contributed by atoms with Crippen LogP contribution in [0.2, 0.25) is 0 Å². The number of benzene rings is 7. The quantitative estimate of drug-likeness (QED) is 0.143. The number of anilines is 3. The van der Waals surface area contributed by atoms with Crippen molar-refractivity contribution in [1.29, 1.82) is 0 Å². The molecule has 7 aromatic carbocycles. The molecule has 266 valence electrons. The van der Waals surface area contributed by atoms with Gasteiger partial charge in [0.25, 0.3) is 0 Å². The van der Waals surface area contributed by atoms with Crippen molar-refractivity contribution < 1.29 is 4.74 Å². The van der Waals surface area contributed by atoms with Crippen molar-refractivity contribution in [2.45, 2.75) is 6.42 Å². The summed E-state index contributed by atoms with van der Waals surface area (Å²) in [6.07, 6.45) is 18.0. The predicted molar refractivity (Wildman–Crippen MR) is 233 cm³/mol. The Hall–Kier alpha value is -7.10. The maximum absolute atomic E-state index is 6.76. The molecule has 0 saturated heterocycles. The molecule has 0 amide bonds. The minimum absolute atomic E-state index is 0.408. The van der Waals surface area contributed by atoms with Gasteiger partial charge < -0.3 is 15.0 Å². The first-order chi connectivity index (χ1) is 27.3. The van der Waals surface area contributed by atoms with E-state index in [2.05, 4.69) is 210 Å². The van der Waals surface area contributed by atoms with Crippen LogP contribution in [0.5, 0.6) is 5.75 Å². The summed E-state index contributed by atoms with van der Waals surface area (Å²) in [4.78, 5) is 2.27. The average molecular weight is 711 g/mol. The van der Waals surface area contributed by atoms with E-state index in [4.69, 9.17) is 4.74 Å². The minimum atomic E-state index is 0.408. The van der Waals surface area contributed by atoms with Crippen molar-refractivity contribution >= 4 is 39.5 Å². The van der Waals surface area contributed by atoms with E-state index >= 15 is 0 Å². The molecule has 3 heteroatoms. The Morgan fingerprint density at radius 1 is 0.618 bits per heavy atom. The summed E-state index contributed by atoms with van der Waals surface area (Å²) >= 11 is 0. The molecule has 7 aromatic rings. The number of para-hydroxylation sites is 2. The van der Waals surface area contributed by atoms with Gasteiger partial charge in [0, 0.05) is 28.6 Å². The van der Waals surface area contributed by atoms with Crippen LogP contribution in [0.3, 0.4) is 0 Å². The van der Waals surface area contributed by atoms with Crippen LogP contribution < -0.4 is 15.0 Å². The van der Waals surface area contributed by atoms with Gasteiger partial charge >= 0.3 is 0 Å². The molecule has 1 heterocycles. The lowest BCUT2D eigenvalue weighted by molar-refractivity contribution is 0.354. The van der Waals surface area contributed by atoms with E-state index in [9.17, 15) is 0 Å². The van der Waals surface area contributed by atoms with E-state index in [1.165, 1.54) is 16.7 Å². The molecule has 0 fully saturated rings. The predicted octanol–water partition coefficient (Wildman–Crippen LogP) is 13.4. The number of ether oxygens (including phenoxy) is 1. The summed E-state index contributed by atoms with van der Waals surface area (Å²) < 4.78 is 6.76. The van der Waals surface area contributed by atoms with Crippen LogP contribution in [-0.4, -0.2) is 6.61 Å². The summed E-state index contributed by atoms with van der Waals surface area (Å²) in [5.41, 5.74) is 11.3. The zero-order valence-corrected chi connectivity index (χ0v) is 30.6. The Balaban J connectivity index is 1.06. The van der Waals surface area contributed by atoms with Crippen LogP contribution in [0.4, 0.5) is 17.1 Å². The largest absolute Gasteiger partial charge is 0.487 e. The van der Waals surface area contributed by atoms with Crippen molar-refractivity contribution in [2.75, 3.05) is 16.8 Å². The number of hydrogen-bond donors (Lipinski definition) is 1. The lowest BCUT2D eigenvalue weighted by Crippen LogP contribution is -2.21. The van der Waals surface area contributed by atoms with Gasteiger partial charge in [-0.3, -0.25) is 0 Å². The molecular formula is C52H42N2O. The fraction of sp³-hybridized carbons (Fsp3) is 0.0385. The van der Waals surface area contributed by atoms with E-state index < -0.39 is 0 Å². The fourth-order valence-corrected chi connectivity index (χ4v) is 7.00. The Morgan fingerprint density at radius 2 is 1.27 bits per heavy atom. The smallest absolute Gasteiger partial charge is 0.129 e. The topological polar surface area (TPSA) is 24.5 Å². The fourth-order valence-electron chi connectivity index (χ4n) is 7.00. The van der Waals surface area contributed by atoms with Crippen LogP contribution >= 0.6 is 0 Å². The molecule has 1 aliphatic heterocycles. The van der Waals surface area contributed by atoms with Crippen molar-refractivity contribution in [1.82, 2.24) is 0 Å². The van der Waals surface area contributed by atoms with Crippen LogP contribution in [0.15, 0.2) is 224 Å². The van der Waals surface area contributed by atoms with Crippen molar-refractivity contribution in [3.63, 3.8) is 0 Å². The first-order valence-corrected chi connectivity index (χ1v) is 18.8. The second-order valence-corrected chi connectivity index (χ2v) is 13.3. The van der Waals surface area contributed by atoms with Crippen molar-refractivity contribution in [3.05, 3.63) is 241 Å². The van der Waals surface area contributed by atoms with E-state index in [-0.39, 0.29) is 0 Å². The third kappa shape index (κ3) is 8.43. The van der Waals surface area contributed by atoms with Gasteiger partial charge in [0.15, 0.2) is 0 Å². The average Bonchev–Trinajstić information content (AvgIpc) is 3.25. The number of nitrogens with zero attached hydrogens (tertiary/aromatic N) is 1. The van der Waals surface area contributed by atoms with Crippen LogP contribution in [-0.2, 0) is 6.42 Å². The SMILES string of the molecule is C1=CCc2cccc3c(\C=C/C(=C\C=C\Nc4ccc(-c5ccccc5)cc4)c4ccccc4)ccc(c23)OCC(N(c2ccccc2)c2ccccc2)=C1. The molecule has 55 heavy (non-hydrogen) atoms. The lowest BCUT2D eigenvalue weighted by Gasteiger charge is -2.28. The maximum Gasteiger partial charge on any atom is 0.129 e. The van der Waals surface area contributed by atoms with Gasteiger partial charge in [0.05, 0.1) is 5.70 Å². The zero-order chi connectivity index (χ0) is 37.1. The molecule has 1 aliphatic rings. The van der Waals surface area contributed by atoms with Gasteiger partial charge in [-0.1, -0.05) is 164 Å². The Morgan fingerprint density at radius 3 is 1.98 bits per heavy atom. The number of nitrogens with one attached hydrogen (secondary N) is 1. The summed E-state index contributed by atoms with van der Waals surface area (Å²) in [7, 11) is 0. The second-order valence-electron chi connectivity index (χ2n) is 13.3. The van der Waals surface area contributed by atoms with Crippen LogP contribution in [0.25, 0.3) is 33.5 Å². The molecule has 8 rings (SSSR count). The molecule has 0 saturated carbocycles. The highest BCUT2D eigenvalue weighted by atomic mass is 16.5. The Kier molecular flexibility index (Phi) is 10.9. The maximum atomic E-state index is 6.76. The third-order valence-corrected chi connectivity index (χ3v) is 9.74. The minimum Gasteiger partial charge on any atom is -0.487 e.